The zero-order valence-electron chi connectivity index (χ0n) is 17.2. The van der Waals surface area contributed by atoms with Gasteiger partial charge in [-0.1, -0.05) is 23.0 Å². The highest BCUT2D eigenvalue weighted by molar-refractivity contribution is 8.14. The van der Waals surface area contributed by atoms with Crippen LogP contribution in [0.4, 0.5) is 18.3 Å². The average Bonchev–Trinajstić information content (AvgIpc) is 3.40. The largest absolute Gasteiger partial charge is 0.480 e. The fourth-order valence-corrected chi connectivity index (χ4v) is 6.18. The number of anilines is 1. The van der Waals surface area contributed by atoms with Crippen LogP contribution in [0.5, 0.6) is 0 Å². The van der Waals surface area contributed by atoms with E-state index < -0.39 is 45.9 Å². The van der Waals surface area contributed by atoms with Crippen molar-refractivity contribution in [3.8, 4) is 0 Å². The van der Waals surface area contributed by atoms with Crippen molar-refractivity contribution in [3.05, 3.63) is 33.2 Å². The summed E-state index contributed by atoms with van der Waals surface area (Å²) in [6.45, 7) is 0. The summed E-state index contributed by atoms with van der Waals surface area (Å²) in [7, 11) is 0. The van der Waals surface area contributed by atoms with E-state index in [1.165, 1.54) is 5.38 Å². The molecule has 2 aliphatic heterocycles. The minimum Gasteiger partial charge on any atom is -0.480 e. The first-order valence-electron chi connectivity index (χ1n) is 9.61. The molecule has 186 valence electrons. The second-order valence-electron chi connectivity index (χ2n) is 7.38. The summed E-state index contributed by atoms with van der Waals surface area (Å²) in [5, 5.41) is 25.1. The normalized spacial score (nSPS) is 25.5. The molecule has 0 saturated carbocycles. The predicted octanol–water partition coefficient (Wildman–Crippen LogP) is 2.06. The van der Waals surface area contributed by atoms with E-state index in [0.717, 1.165) is 46.3 Å². The number of carbonyl (C=O) groups excluding carboxylic acids is 2. The Kier molecular flexibility index (Phi) is 6.50. The van der Waals surface area contributed by atoms with Gasteiger partial charge in [0.2, 0.25) is 11.8 Å². The van der Waals surface area contributed by atoms with Crippen LogP contribution >= 0.6 is 34.4 Å². The molecule has 2 amide bonds. The molecule has 4 rings (SSSR count). The number of nitrogens with one attached hydrogen (secondary N) is 1. The highest BCUT2D eigenvalue weighted by Gasteiger charge is 2.62. The van der Waals surface area contributed by atoms with Crippen LogP contribution in [0.25, 0.3) is 6.08 Å². The number of hydrogen-bond acceptors (Lipinski definition) is 11. The van der Waals surface area contributed by atoms with Gasteiger partial charge in [0.1, 0.15) is 11.2 Å². The number of nitrogens with two attached hydrogens (primary N) is 1. The van der Waals surface area contributed by atoms with Crippen molar-refractivity contribution in [3.63, 3.8) is 0 Å². The third-order valence-electron chi connectivity index (χ3n) is 5.19. The molecular formula is C18H15F3N6O5S3. The summed E-state index contributed by atoms with van der Waals surface area (Å²) in [5.41, 5.74) is 3.58. The van der Waals surface area contributed by atoms with Gasteiger partial charge in [0.25, 0.3) is 0 Å². The molecular weight excluding hydrogens is 533 g/mol. The van der Waals surface area contributed by atoms with Crippen LogP contribution in [0.1, 0.15) is 22.0 Å². The Labute approximate surface area is 206 Å². The Hall–Kier alpha value is -3.18. The van der Waals surface area contributed by atoms with Crippen molar-refractivity contribution < 1.29 is 37.9 Å². The number of aliphatic carboxylic acids is 1. The number of amides is 2. The monoisotopic (exact) mass is 548 g/mol. The standard InChI is InChI=1S/C18H15F3N6O5S3/c19-18(20,21)14-23-5-8(34-14)1-2-17(15(30)31)12(25-9(28)3-7-6-33-16(22)24-7)27-10(29)4-11(27)35-13(17)26-32/h1-2,5-6,11-12,32H,3-4H2,(H2,22,24)(H,25,28)(H,30,31)/t11-,12?,17?/m1/s1. The van der Waals surface area contributed by atoms with Crippen LogP contribution in [-0.2, 0) is 27.0 Å². The molecule has 3 atom stereocenters. The quantitative estimate of drug-likeness (QED) is 0.240. The van der Waals surface area contributed by atoms with E-state index in [1.54, 1.807) is 0 Å². The molecule has 2 aliphatic rings. The topological polar surface area (TPSA) is 171 Å². The Bertz CT molecular complexity index is 1240. The lowest BCUT2D eigenvalue weighted by Gasteiger charge is -2.54. The van der Waals surface area contributed by atoms with Gasteiger partial charge in [-0.3, -0.25) is 14.4 Å². The maximum absolute atomic E-state index is 12.9. The Morgan fingerprint density at radius 1 is 1.43 bits per heavy atom. The molecule has 0 aromatic carbocycles. The van der Waals surface area contributed by atoms with Gasteiger partial charge < -0.3 is 26.3 Å². The number of nitrogen functional groups attached to an aromatic ring is 1. The third kappa shape index (κ3) is 4.57. The Morgan fingerprint density at radius 3 is 2.71 bits per heavy atom. The van der Waals surface area contributed by atoms with Gasteiger partial charge >= 0.3 is 12.1 Å². The van der Waals surface area contributed by atoms with Gasteiger partial charge in [-0.25, -0.2) is 9.97 Å². The van der Waals surface area contributed by atoms with Crippen LogP contribution in [0.3, 0.4) is 0 Å². The highest BCUT2D eigenvalue weighted by Crippen LogP contribution is 2.48. The van der Waals surface area contributed by atoms with Crippen molar-refractivity contribution in [1.29, 1.82) is 0 Å². The van der Waals surface area contributed by atoms with Gasteiger partial charge in [0.15, 0.2) is 15.6 Å². The van der Waals surface area contributed by atoms with Gasteiger partial charge in [0, 0.05) is 16.5 Å². The van der Waals surface area contributed by atoms with Crippen LogP contribution in [0, 0.1) is 5.41 Å². The molecule has 2 aromatic rings. The van der Waals surface area contributed by atoms with Gasteiger partial charge in [0.05, 0.1) is 23.9 Å². The molecule has 2 fully saturated rings. The summed E-state index contributed by atoms with van der Waals surface area (Å²) in [6, 6.07) is 0. The number of rotatable bonds is 6. The van der Waals surface area contributed by atoms with Crippen LogP contribution in [0.15, 0.2) is 22.8 Å². The molecule has 0 radical (unpaired) electrons. The number of alkyl halides is 3. The summed E-state index contributed by atoms with van der Waals surface area (Å²) in [5.74, 6) is -2.76. The third-order valence-corrected chi connectivity index (χ3v) is 8.23. The van der Waals surface area contributed by atoms with Crippen molar-refractivity contribution in [2.75, 3.05) is 5.73 Å². The van der Waals surface area contributed by atoms with E-state index in [-0.39, 0.29) is 39.2 Å². The SMILES string of the molecule is Nc1nc(CC(=O)NC2N3C(=O)C[C@H]3SC(=NO)C2(C=Cc2cnc(C(F)(F)F)s2)C(=O)O)cs1. The number of carboxylic acid groups (broad SMARTS) is 1. The second kappa shape index (κ2) is 9.12. The summed E-state index contributed by atoms with van der Waals surface area (Å²) >= 11 is 2.18. The molecule has 2 aromatic heterocycles. The lowest BCUT2D eigenvalue weighted by Crippen LogP contribution is -2.73. The lowest BCUT2D eigenvalue weighted by molar-refractivity contribution is -0.157. The number of oxime groups is 1. The molecule has 11 nitrogen and oxygen atoms in total. The number of carbonyl (C=O) groups is 3. The van der Waals surface area contributed by atoms with Gasteiger partial charge in [-0.2, -0.15) is 13.2 Å². The molecule has 0 aliphatic carbocycles. The van der Waals surface area contributed by atoms with Crippen molar-refractivity contribution >= 4 is 68.5 Å². The first kappa shape index (κ1) is 24.9. The molecule has 4 heterocycles. The van der Waals surface area contributed by atoms with E-state index in [0.29, 0.717) is 5.69 Å². The summed E-state index contributed by atoms with van der Waals surface area (Å²) in [4.78, 5) is 46.1. The fraction of sp³-hybridized carbons (Fsp3) is 0.333. The second-order valence-corrected chi connectivity index (χ2v) is 10.5. The number of hydrogen-bond donors (Lipinski definition) is 4. The number of nitrogens with zero attached hydrogens (tertiary/aromatic N) is 4. The van der Waals surface area contributed by atoms with Crippen LogP contribution in [-0.4, -0.2) is 59.5 Å². The van der Waals surface area contributed by atoms with Crippen LogP contribution in [0.2, 0.25) is 0 Å². The highest BCUT2D eigenvalue weighted by atomic mass is 32.2. The first-order valence-corrected chi connectivity index (χ1v) is 12.2. The summed E-state index contributed by atoms with van der Waals surface area (Å²) < 4.78 is 38.8. The van der Waals surface area contributed by atoms with Gasteiger partial charge in [-0.15, -0.1) is 22.7 Å². The molecule has 35 heavy (non-hydrogen) atoms. The number of thioether (sulfide) groups is 1. The molecule has 2 saturated heterocycles. The average molecular weight is 549 g/mol. The van der Waals surface area contributed by atoms with E-state index in [4.69, 9.17) is 5.73 Å². The Balaban J connectivity index is 1.72. The minimum atomic E-state index is -4.69. The molecule has 0 bridgehead atoms. The number of fused-ring (bicyclic) bond motifs is 1. The van der Waals surface area contributed by atoms with Gasteiger partial charge in [-0.05, 0) is 6.08 Å². The maximum Gasteiger partial charge on any atom is 0.443 e. The minimum absolute atomic E-state index is 0.0158. The van der Waals surface area contributed by atoms with Crippen molar-refractivity contribution in [2.45, 2.75) is 30.6 Å². The van der Waals surface area contributed by atoms with E-state index in [1.807, 2.05) is 0 Å². The number of β-lactam (4-membered cyclic amide) rings is 1. The zero-order valence-corrected chi connectivity index (χ0v) is 19.7. The zero-order chi connectivity index (χ0) is 25.5. The van der Waals surface area contributed by atoms with Crippen molar-refractivity contribution in [2.24, 2.45) is 10.6 Å². The van der Waals surface area contributed by atoms with E-state index in [2.05, 4.69) is 20.4 Å². The fourth-order valence-electron chi connectivity index (χ4n) is 3.58. The number of thiazole rings is 2. The maximum atomic E-state index is 12.9. The molecule has 5 N–H and O–H groups in total. The van der Waals surface area contributed by atoms with Crippen LogP contribution < -0.4 is 11.1 Å². The Morgan fingerprint density at radius 2 is 2.17 bits per heavy atom. The lowest BCUT2D eigenvalue weighted by atomic mass is 9.81. The number of halogens is 3. The number of carboxylic acids is 1. The van der Waals surface area contributed by atoms with E-state index in [9.17, 15) is 37.9 Å². The smallest absolute Gasteiger partial charge is 0.443 e. The molecule has 0 spiro atoms. The number of aromatic nitrogens is 2. The van der Waals surface area contributed by atoms with Crippen molar-refractivity contribution in [1.82, 2.24) is 20.2 Å². The first-order chi connectivity index (χ1) is 16.5. The summed E-state index contributed by atoms with van der Waals surface area (Å²) in [6.07, 6.45) is -3.53. The molecule has 2 unspecified atom stereocenters. The predicted molar refractivity (Wildman–Crippen MR) is 120 cm³/mol. The molecule has 17 heteroatoms. The van der Waals surface area contributed by atoms with E-state index >= 15 is 0 Å².